The summed E-state index contributed by atoms with van der Waals surface area (Å²) in [5.41, 5.74) is 5.38. The van der Waals surface area contributed by atoms with Crippen LogP contribution in [0.4, 0.5) is 17.3 Å². The Kier molecular flexibility index (Phi) is 3.79. The quantitative estimate of drug-likeness (QED) is 0.627. The third-order valence-electron chi connectivity index (χ3n) is 3.58. The van der Waals surface area contributed by atoms with E-state index in [4.69, 9.17) is 5.73 Å². The summed E-state index contributed by atoms with van der Waals surface area (Å²) in [5, 5.41) is 11.1. The summed E-state index contributed by atoms with van der Waals surface area (Å²) in [6, 6.07) is 0.240. The van der Waals surface area contributed by atoms with Gasteiger partial charge in [0.25, 0.3) is 0 Å². The molecular formula is C11H18N6O2. The monoisotopic (exact) mass is 266 g/mol. The van der Waals surface area contributed by atoms with Gasteiger partial charge in [-0.15, -0.1) is 0 Å². The van der Waals surface area contributed by atoms with E-state index in [0.717, 1.165) is 25.9 Å². The molecule has 0 saturated carbocycles. The summed E-state index contributed by atoms with van der Waals surface area (Å²) < 4.78 is 0. The van der Waals surface area contributed by atoms with Crippen molar-refractivity contribution in [1.82, 2.24) is 14.9 Å². The minimum atomic E-state index is -0.518. The Balaban J connectivity index is 2.26. The van der Waals surface area contributed by atoms with Gasteiger partial charge in [-0.25, -0.2) is 9.97 Å². The largest absolute Gasteiger partial charge is 0.378 e. The SMILES string of the molecule is CN1CCC(N(C)c2ncnc(N)c2[N+](=O)[O-])CC1. The zero-order valence-corrected chi connectivity index (χ0v) is 11.1. The second kappa shape index (κ2) is 5.35. The molecule has 19 heavy (non-hydrogen) atoms. The Morgan fingerprint density at radius 1 is 1.47 bits per heavy atom. The van der Waals surface area contributed by atoms with E-state index >= 15 is 0 Å². The summed E-state index contributed by atoms with van der Waals surface area (Å²) in [5.74, 6) is 0.210. The van der Waals surface area contributed by atoms with E-state index in [1.54, 1.807) is 0 Å². The van der Waals surface area contributed by atoms with Crippen molar-refractivity contribution in [1.29, 1.82) is 0 Å². The van der Waals surface area contributed by atoms with E-state index in [9.17, 15) is 10.1 Å². The van der Waals surface area contributed by atoms with Gasteiger partial charge in [0.05, 0.1) is 4.92 Å². The lowest BCUT2D eigenvalue weighted by Crippen LogP contribution is -2.42. The van der Waals surface area contributed by atoms with Crippen LogP contribution in [0.15, 0.2) is 6.33 Å². The molecule has 2 rings (SSSR count). The first-order valence-corrected chi connectivity index (χ1v) is 6.17. The standard InChI is InChI=1S/C11H18N6O2/c1-15-5-3-8(4-6-15)16(2)11-9(17(18)19)10(12)13-7-14-11/h7-8H,3-6H2,1-2H3,(H2,12,13,14). The highest BCUT2D eigenvalue weighted by molar-refractivity contribution is 5.68. The average molecular weight is 266 g/mol. The van der Waals surface area contributed by atoms with Crippen molar-refractivity contribution in [2.75, 3.05) is 37.8 Å². The normalized spacial score (nSPS) is 17.4. The molecule has 1 saturated heterocycles. The second-order valence-corrected chi connectivity index (χ2v) is 4.83. The van der Waals surface area contributed by atoms with Crippen molar-refractivity contribution in [3.05, 3.63) is 16.4 Å². The summed E-state index contributed by atoms with van der Waals surface area (Å²) in [7, 11) is 3.89. The Hall–Kier alpha value is -1.96. The number of nitrogens with zero attached hydrogens (tertiary/aromatic N) is 5. The van der Waals surface area contributed by atoms with E-state index in [2.05, 4.69) is 21.9 Å². The van der Waals surface area contributed by atoms with Crippen LogP contribution in [0.2, 0.25) is 0 Å². The molecule has 2 heterocycles. The number of hydrogen-bond donors (Lipinski definition) is 1. The Morgan fingerprint density at radius 2 is 2.11 bits per heavy atom. The molecule has 0 spiro atoms. The van der Waals surface area contributed by atoms with Crippen LogP contribution < -0.4 is 10.6 Å². The molecule has 1 aliphatic heterocycles. The van der Waals surface area contributed by atoms with E-state index < -0.39 is 4.92 Å². The average Bonchev–Trinajstić information content (AvgIpc) is 2.38. The summed E-state index contributed by atoms with van der Waals surface area (Å²) in [6.45, 7) is 1.95. The van der Waals surface area contributed by atoms with E-state index in [0.29, 0.717) is 5.82 Å². The van der Waals surface area contributed by atoms with Crippen LogP contribution in [-0.2, 0) is 0 Å². The highest BCUT2D eigenvalue weighted by atomic mass is 16.6. The zero-order valence-electron chi connectivity index (χ0n) is 11.1. The van der Waals surface area contributed by atoms with Gasteiger partial charge in [0, 0.05) is 13.1 Å². The molecule has 0 atom stereocenters. The summed E-state index contributed by atoms with van der Waals surface area (Å²) in [4.78, 5) is 22.4. The highest BCUT2D eigenvalue weighted by Crippen LogP contribution is 2.31. The minimum Gasteiger partial charge on any atom is -0.378 e. The summed E-state index contributed by atoms with van der Waals surface area (Å²) in [6.07, 6.45) is 3.17. The Bertz CT molecular complexity index is 472. The second-order valence-electron chi connectivity index (χ2n) is 4.83. The Labute approximate surface area is 111 Å². The van der Waals surface area contributed by atoms with Crippen molar-refractivity contribution in [3.63, 3.8) is 0 Å². The van der Waals surface area contributed by atoms with Crippen molar-refractivity contribution in [2.45, 2.75) is 18.9 Å². The first-order valence-electron chi connectivity index (χ1n) is 6.17. The molecule has 8 heteroatoms. The predicted octanol–water partition coefficient (Wildman–Crippen LogP) is 0.497. The lowest BCUT2D eigenvalue weighted by Gasteiger charge is -2.35. The smallest absolute Gasteiger partial charge is 0.353 e. The zero-order chi connectivity index (χ0) is 14.0. The van der Waals surface area contributed by atoms with Gasteiger partial charge in [0.15, 0.2) is 0 Å². The number of piperidine rings is 1. The minimum absolute atomic E-state index is 0.0882. The first-order chi connectivity index (χ1) is 9.00. The third-order valence-corrected chi connectivity index (χ3v) is 3.58. The molecule has 1 aromatic rings. The molecule has 1 fully saturated rings. The maximum atomic E-state index is 11.1. The number of nitro groups is 1. The van der Waals surface area contributed by atoms with Gasteiger partial charge in [-0.3, -0.25) is 10.1 Å². The van der Waals surface area contributed by atoms with Crippen LogP contribution in [0.25, 0.3) is 0 Å². The molecule has 8 nitrogen and oxygen atoms in total. The van der Waals surface area contributed by atoms with Crippen molar-refractivity contribution < 1.29 is 4.92 Å². The van der Waals surface area contributed by atoms with Crippen molar-refractivity contribution in [3.8, 4) is 0 Å². The van der Waals surface area contributed by atoms with Crippen molar-refractivity contribution in [2.24, 2.45) is 0 Å². The molecule has 0 aromatic carbocycles. The van der Waals surface area contributed by atoms with Crippen LogP contribution in [0.3, 0.4) is 0 Å². The maximum absolute atomic E-state index is 11.1. The lowest BCUT2D eigenvalue weighted by molar-refractivity contribution is -0.383. The number of nitrogens with two attached hydrogens (primary N) is 1. The van der Waals surface area contributed by atoms with E-state index in [-0.39, 0.29) is 17.5 Å². The molecule has 0 radical (unpaired) electrons. The lowest BCUT2D eigenvalue weighted by atomic mass is 10.0. The van der Waals surface area contributed by atoms with Gasteiger partial charge < -0.3 is 15.5 Å². The van der Waals surface area contributed by atoms with Crippen molar-refractivity contribution >= 4 is 17.3 Å². The van der Waals surface area contributed by atoms with Crippen LogP contribution in [0.1, 0.15) is 12.8 Å². The molecule has 104 valence electrons. The number of aromatic nitrogens is 2. The highest BCUT2D eigenvalue weighted by Gasteiger charge is 2.29. The molecule has 0 unspecified atom stereocenters. The van der Waals surface area contributed by atoms with Gasteiger partial charge in [-0.2, -0.15) is 0 Å². The number of anilines is 2. The van der Waals surface area contributed by atoms with Crippen LogP contribution in [0.5, 0.6) is 0 Å². The summed E-state index contributed by atoms with van der Waals surface area (Å²) >= 11 is 0. The van der Waals surface area contributed by atoms with Crippen LogP contribution in [0, 0.1) is 10.1 Å². The molecule has 0 bridgehead atoms. The Morgan fingerprint density at radius 3 is 2.68 bits per heavy atom. The molecule has 0 aliphatic carbocycles. The number of nitrogen functional groups attached to an aromatic ring is 1. The number of rotatable bonds is 3. The maximum Gasteiger partial charge on any atom is 0.353 e. The van der Waals surface area contributed by atoms with E-state index in [1.165, 1.54) is 6.33 Å². The van der Waals surface area contributed by atoms with Gasteiger partial charge in [0.2, 0.25) is 11.6 Å². The third kappa shape index (κ3) is 2.73. The fourth-order valence-corrected chi connectivity index (χ4v) is 2.37. The van der Waals surface area contributed by atoms with E-state index in [1.807, 2.05) is 11.9 Å². The predicted molar refractivity (Wildman–Crippen MR) is 72.0 cm³/mol. The van der Waals surface area contributed by atoms with Gasteiger partial charge >= 0.3 is 5.69 Å². The first kappa shape index (κ1) is 13.5. The molecule has 1 aromatic heterocycles. The number of hydrogen-bond acceptors (Lipinski definition) is 7. The molecule has 0 amide bonds. The van der Waals surface area contributed by atoms with Crippen LogP contribution >= 0.6 is 0 Å². The molecular weight excluding hydrogens is 248 g/mol. The number of likely N-dealkylation sites (tertiary alicyclic amines) is 1. The van der Waals surface area contributed by atoms with Gasteiger partial charge in [-0.05, 0) is 33.0 Å². The van der Waals surface area contributed by atoms with Gasteiger partial charge in [-0.1, -0.05) is 0 Å². The van der Waals surface area contributed by atoms with Gasteiger partial charge in [0.1, 0.15) is 6.33 Å². The fraction of sp³-hybridized carbons (Fsp3) is 0.636. The van der Waals surface area contributed by atoms with Crippen LogP contribution in [-0.4, -0.2) is 53.0 Å². The molecule has 2 N–H and O–H groups in total. The molecule has 1 aliphatic rings. The topological polar surface area (TPSA) is 101 Å². The fourth-order valence-electron chi connectivity index (χ4n) is 2.37.